The van der Waals surface area contributed by atoms with Crippen LogP contribution < -0.4 is 11.5 Å². The molecule has 0 radical (unpaired) electrons. The van der Waals surface area contributed by atoms with Crippen LogP contribution in [0.25, 0.3) is 11.1 Å². The standard InChI is InChI=1S/C27H33N3O2S.2ClH/c1-17-22(16-33-24-8-6-5-7-20(24)26(31)32)25(19-11-9-18(14-28)10-12-19)21(15-29)23(30-17)13-27(2,3)4;;/h5-12H,13-16,28-29H2,1-4H3,(H,31,32);2*1H. The first-order valence-electron chi connectivity index (χ1n) is 11.1. The second-order valence-electron chi connectivity index (χ2n) is 9.41. The van der Waals surface area contributed by atoms with Gasteiger partial charge in [0.25, 0.3) is 0 Å². The van der Waals surface area contributed by atoms with Gasteiger partial charge in [-0.1, -0.05) is 57.2 Å². The average Bonchev–Trinajstić information content (AvgIpc) is 2.77. The van der Waals surface area contributed by atoms with Crippen molar-refractivity contribution in [3.63, 3.8) is 0 Å². The van der Waals surface area contributed by atoms with Crippen molar-refractivity contribution in [2.45, 2.75) is 57.9 Å². The van der Waals surface area contributed by atoms with E-state index in [4.69, 9.17) is 16.5 Å². The lowest BCUT2D eigenvalue weighted by Gasteiger charge is -2.24. The van der Waals surface area contributed by atoms with Crippen LogP contribution in [0.4, 0.5) is 0 Å². The van der Waals surface area contributed by atoms with Crippen LogP contribution in [0.2, 0.25) is 0 Å². The minimum Gasteiger partial charge on any atom is -0.478 e. The van der Waals surface area contributed by atoms with E-state index >= 15 is 0 Å². The molecule has 1 aromatic heterocycles. The van der Waals surface area contributed by atoms with Gasteiger partial charge in [0.1, 0.15) is 0 Å². The summed E-state index contributed by atoms with van der Waals surface area (Å²) < 4.78 is 0. The maximum atomic E-state index is 11.7. The van der Waals surface area contributed by atoms with Crippen LogP contribution in [0.1, 0.15) is 59.2 Å². The van der Waals surface area contributed by atoms with Crippen molar-refractivity contribution in [2.75, 3.05) is 0 Å². The number of aryl methyl sites for hydroxylation is 1. The number of rotatable bonds is 8. The molecule has 0 unspecified atom stereocenters. The third kappa shape index (κ3) is 7.69. The first-order valence-corrected chi connectivity index (χ1v) is 12.1. The topological polar surface area (TPSA) is 102 Å². The van der Waals surface area contributed by atoms with E-state index in [-0.39, 0.29) is 30.2 Å². The monoisotopic (exact) mass is 535 g/mol. The molecule has 0 aliphatic heterocycles. The lowest BCUT2D eigenvalue weighted by Crippen LogP contribution is -2.17. The number of thioether (sulfide) groups is 1. The highest BCUT2D eigenvalue weighted by Gasteiger charge is 2.22. The van der Waals surface area contributed by atoms with Crippen molar-refractivity contribution in [1.29, 1.82) is 0 Å². The van der Waals surface area contributed by atoms with Gasteiger partial charge in [0.05, 0.1) is 5.56 Å². The quantitative estimate of drug-likeness (QED) is 0.288. The van der Waals surface area contributed by atoms with Gasteiger partial charge < -0.3 is 16.6 Å². The second kappa shape index (κ2) is 13.3. The molecule has 0 aliphatic rings. The molecule has 0 fully saturated rings. The van der Waals surface area contributed by atoms with Gasteiger partial charge in [-0.05, 0) is 58.7 Å². The van der Waals surface area contributed by atoms with E-state index in [1.165, 1.54) is 11.8 Å². The van der Waals surface area contributed by atoms with Crippen LogP contribution in [0.5, 0.6) is 0 Å². The lowest BCUT2D eigenvalue weighted by atomic mass is 9.85. The minimum atomic E-state index is -0.922. The highest BCUT2D eigenvalue weighted by Crippen LogP contribution is 2.37. The molecule has 0 aliphatic carbocycles. The number of benzene rings is 2. The van der Waals surface area contributed by atoms with E-state index in [9.17, 15) is 9.90 Å². The fourth-order valence-corrected chi connectivity index (χ4v) is 5.10. The van der Waals surface area contributed by atoms with Gasteiger partial charge in [0.2, 0.25) is 0 Å². The maximum Gasteiger partial charge on any atom is 0.336 e. The molecule has 8 heteroatoms. The predicted octanol–water partition coefficient (Wildman–Crippen LogP) is 6.40. The molecule has 0 saturated carbocycles. The highest BCUT2D eigenvalue weighted by atomic mass is 35.5. The number of pyridine rings is 1. The van der Waals surface area contributed by atoms with E-state index < -0.39 is 5.97 Å². The summed E-state index contributed by atoms with van der Waals surface area (Å²) in [6, 6.07) is 15.4. The van der Waals surface area contributed by atoms with Crippen LogP contribution in [-0.2, 0) is 25.3 Å². The average molecular weight is 537 g/mol. The van der Waals surface area contributed by atoms with Gasteiger partial charge >= 0.3 is 5.97 Å². The number of hydrogen-bond acceptors (Lipinski definition) is 5. The second-order valence-corrected chi connectivity index (χ2v) is 10.4. The molecule has 35 heavy (non-hydrogen) atoms. The maximum absolute atomic E-state index is 11.7. The first kappa shape index (κ1) is 30.9. The van der Waals surface area contributed by atoms with Gasteiger partial charge in [0, 0.05) is 35.1 Å². The summed E-state index contributed by atoms with van der Waals surface area (Å²) in [5.74, 6) is -0.325. The molecule has 3 rings (SSSR count). The van der Waals surface area contributed by atoms with E-state index in [0.29, 0.717) is 24.4 Å². The Bertz CT molecular complexity index is 1150. The number of nitrogens with zero attached hydrogens (tertiary/aromatic N) is 1. The molecular formula is C27H35Cl2N3O2S. The molecule has 3 aromatic rings. The Morgan fingerprint density at radius 2 is 1.60 bits per heavy atom. The number of carboxylic acids is 1. The predicted molar refractivity (Wildman–Crippen MR) is 151 cm³/mol. The number of carbonyl (C=O) groups is 1. The Morgan fingerprint density at radius 1 is 0.971 bits per heavy atom. The van der Waals surface area contributed by atoms with Crippen LogP contribution in [0.3, 0.4) is 0 Å². The number of aromatic nitrogens is 1. The van der Waals surface area contributed by atoms with Crippen LogP contribution in [0, 0.1) is 12.3 Å². The van der Waals surface area contributed by atoms with Gasteiger partial charge in [-0.25, -0.2) is 4.79 Å². The fourth-order valence-electron chi connectivity index (χ4n) is 3.96. The van der Waals surface area contributed by atoms with E-state index in [1.807, 2.05) is 31.2 Å². The Labute approximate surface area is 224 Å². The Morgan fingerprint density at radius 3 is 2.14 bits per heavy atom. The molecule has 0 atom stereocenters. The highest BCUT2D eigenvalue weighted by molar-refractivity contribution is 7.98. The van der Waals surface area contributed by atoms with Gasteiger partial charge in [-0.15, -0.1) is 36.6 Å². The summed E-state index contributed by atoms with van der Waals surface area (Å²) in [6.07, 6.45) is 0.823. The Balaban J connectivity index is 0.00000306. The summed E-state index contributed by atoms with van der Waals surface area (Å²) in [7, 11) is 0. The van der Waals surface area contributed by atoms with Gasteiger partial charge in [-0.3, -0.25) is 4.98 Å². The summed E-state index contributed by atoms with van der Waals surface area (Å²) in [5, 5.41) is 9.57. The smallest absolute Gasteiger partial charge is 0.336 e. The van der Waals surface area contributed by atoms with Crippen molar-refractivity contribution >= 4 is 42.5 Å². The van der Waals surface area contributed by atoms with Gasteiger partial charge in [-0.2, -0.15) is 0 Å². The number of nitrogens with two attached hydrogens (primary N) is 2. The van der Waals surface area contributed by atoms with Gasteiger partial charge in [0.15, 0.2) is 0 Å². The Kier molecular flexibility index (Phi) is 11.7. The summed E-state index contributed by atoms with van der Waals surface area (Å²) in [6.45, 7) is 9.51. The van der Waals surface area contributed by atoms with Crippen molar-refractivity contribution in [3.05, 3.63) is 82.2 Å². The molecule has 0 amide bonds. The molecule has 0 bridgehead atoms. The minimum absolute atomic E-state index is 0. The Hall–Kier alpha value is -2.09. The van der Waals surface area contributed by atoms with Crippen molar-refractivity contribution in [1.82, 2.24) is 4.98 Å². The number of hydrogen-bond donors (Lipinski definition) is 3. The zero-order chi connectivity index (χ0) is 24.2. The van der Waals surface area contributed by atoms with Crippen LogP contribution in [-0.4, -0.2) is 16.1 Å². The number of aromatic carboxylic acids is 1. The van der Waals surface area contributed by atoms with Crippen LogP contribution >= 0.6 is 36.6 Å². The summed E-state index contributed by atoms with van der Waals surface area (Å²) in [4.78, 5) is 17.4. The number of carboxylic acid groups (broad SMARTS) is 1. The van der Waals surface area contributed by atoms with E-state index in [2.05, 4.69) is 32.9 Å². The normalized spacial score (nSPS) is 10.9. The molecule has 1 heterocycles. The molecule has 190 valence electrons. The molecule has 5 nitrogen and oxygen atoms in total. The molecule has 5 N–H and O–H groups in total. The largest absolute Gasteiger partial charge is 0.478 e. The van der Waals surface area contributed by atoms with Crippen LogP contribution in [0.15, 0.2) is 53.4 Å². The third-order valence-electron chi connectivity index (χ3n) is 5.56. The third-order valence-corrected chi connectivity index (χ3v) is 6.66. The molecule has 2 aromatic carbocycles. The van der Waals surface area contributed by atoms with Crippen molar-refractivity contribution in [2.24, 2.45) is 16.9 Å². The summed E-state index contributed by atoms with van der Waals surface area (Å²) >= 11 is 1.52. The SMILES string of the molecule is Cc1nc(CC(C)(C)C)c(CN)c(-c2ccc(CN)cc2)c1CSc1ccccc1C(=O)O.Cl.Cl. The van der Waals surface area contributed by atoms with Crippen molar-refractivity contribution < 1.29 is 9.90 Å². The zero-order valence-electron chi connectivity index (χ0n) is 20.6. The fraction of sp³-hybridized carbons (Fsp3) is 0.333. The summed E-state index contributed by atoms with van der Waals surface area (Å²) in [5.41, 5.74) is 19.9. The molecular weight excluding hydrogens is 501 g/mol. The molecule has 0 spiro atoms. The first-order chi connectivity index (χ1) is 15.6. The van der Waals surface area contributed by atoms with E-state index in [1.54, 1.807) is 12.1 Å². The lowest BCUT2D eigenvalue weighted by molar-refractivity contribution is 0.0693. The number of halogens is 2. The molecule has 0 saturated heterocycles. The zero-order valence-corrected chi connectivity index (χ0v) is 23.1. The van der Waals surface area contributed by atoms with E-state index in [0.717, 1.165) is 50.5 Å². The van der Waals surface area contributed by atoms with Crippen molar-refractivity contribution in [3.8, 4) is 11.1 Å².